The van der Waals surface area contributed by atoms with Crippen molar-refractivity contribution in [3.8, 4) is 5.75 Å². The van der Waals surface area contributed by atoms with Crippen molar-refractivity contribution in [3.63, 3.8) is 0 Å². The van der Waals surface area contributed by atoms with Gasteiger partial charge in [0, 0.05) is 32.7 Å². The predicted octanol–water partition coefficient (Wildman–Crippen LogP) is 3.13. The van der Waals surface area contributed by atoms with Crippen LogP contribution < -0.4 is 10.1 Å². The minimum Gasteiger partial charge on any atom is -0.493 e. The van der Waals surface area contributed by atoms with Crippen LogP contribution >= 0.6 is 0 Å². The fourth-order valence-electron chi connectivity index (χ4n) is 3.75. The van der Waals surface area contributed by atoms with Crippen LogP contribution in [0.15, 0.2) is 42.5 Å². The normalized spacial score (nSPS) is 17.5. The lowest BCUT2D eigenvalue weighted by atomic mass is 10.0. The highest BCUT2D eigenvalue weighted by atomic mass is 16.5. The Hall–Kier alpha value is -1.88. The van der Waals surface area contributed by atoms with E-state index in [2.05, 4.69) is 52.7 Å². The van der Waals surface area contributed by atoms with E-state index in [-0.39, 0.29) is 0 Å². The Morgan fingerprint density at radius 1 is 0.923 bits per heavy atom. The van der Waals surface area contributed by atoms with Gasteiger partial charge in [0.05, 0.1) is 19.8 Å². The summed E-state index contributed by atoms with van der Waals surface area (Å²) in [5.74, 6) is 1.07. The van der Waals surface area contributed by atoms with Gasteiger partial charge in [-0.05, 0) is 41.2 Å². The summed E-state index contributed by atoms with van der Waals surface area (Å²) >= 11 is 0. The summed E-state index contributed by atoms with van der Waals surface area (Å²) in [5.41, 5.74) is 5.49. The first kappa shape index (κ1) is 17.5. The Morgan fingerprint density at radius 3 is 2.65 bits per heavy atom. The van der Waals surface area contributed by atoms with Crippen LogP contribution in [0.4, 0.5) is 0 Å². The molecule has 2 aromatic carbocycles. The summed E-state index contributed by atoms with van der Waals surface area (Å²) in [5, 5.41) is 3.62. The molecule has 4 heteroatoms. The number of aryl methyl sites for hydroxylation is 1. The highest BCUT2D eigenvalue weighted by Crippen LogP contribution is 2.25. The molecule has 26 heavy (non-hydrogen) atoms. The van der Waals surface area contributed by atoms with Gasteiger partial charge in [-0.3, -0.25) is 4.90 Å². The van der Waals surface area contributed by atoms with E-state index in [1.165, 1.54) is 22.3 Å². The summed E-state index contributed by atoms with van der Waals surface area (Å²) in [7, 11) is 0. The van der Waals surface area contributed by atoms with Gasteiger partial charge in [-0.25, -0.2) is 0 Å². The average molecular weight is 352 g/mol. The number of fused-ring (bicyclic) bond motifs is 1. The van der Waals surface area contributed by atoms with Gasteiger partial charge in [0.2, 0.25) is 0 Å². The molecule has 0 aliphatic carbocycles. The van der Waals surface area contributed by atoms with Gasteiger partial charge in [-0.2, -0.15) is 0 Å². The van der Waals surface area contributed by atoms with E-state index in [1.807, 2.05) is 0 Å². The van der Waals surface area contributed by atoms with E-state index >= 15 is 0 Å². The number of nitrogens with one attached hydrogen (secondary N) is 1. The van der Waals surface area contributed by atoms with Crippen LogP contribution in [0.25, 0.3) is 0 Å². The molecule has 0 aromatic heterocycles. The Labute approximate surface area is 156 Å². The number of benzene rings is 2. The second kappa shape index (κ2) is 8.67. The van der Waals surface area contributed by atoms with E-state index < -0.39 is 0 Å². The monoisotopic (exact) mass is 352 g/mol. The molecule has 4 nitrogen and oxygen atoms in total. The fourth-order valence-corrected chi connectivity index (χ4v) is 3.75. The molecular weight excluding hydrogens is 324 g/mol. The third-order valence-corrected chi connectivity index (χ3v) is 5.23. The Kier molecular flexibility index (Phi) is 5.85. The van der Waals surface area contributed by atoms with Gasteiger partial charge in [0.1, 0.15) is 5.75 Å². The topological polar surface area (TPSA) is 33.7 Å². The van der Waals surface area contributed by atoms with Gasteiger partial charge in [-0.15, -0.1) is 0 Å². The molecule has 1 saturated heterocycles. The van der Waals surface area contributed by atoms with Crippen LogP contribution in [0, 0.1) is 0 Å². The lowest BCUT2D eigenvalue weighted by Gasteiger charge is -2.27. The molecule has 0 saturated carbocycles. The lowest BCUT2D eigenvalue weighted by molar-refractivity contribution is 0.0340. The summed E-state index contributed by atoms with van der Waals surface area (Å²) in [4.78, 5) is 2.48. The van der Waals surface area contributed by atoms with Crippen LogP contribution in [0.3, 0.4) is 0 Å². The van der Waals surface area contributed by atoms with E-state index in [0.717, 1.165) is 71.1 Å². The summed E-state index contributed by atoms with van der Waals surface area (Å²) in [6, 6.07) is 15.4. The molecule has 138 valence electrons. The molecule has 2 aromatic rings. The fraction of sp³-hybridized carbons (Fsp3) is 0.455. The summed E-state index contributed by atoms with van der Waals surface area (Å²) < 4.78 is 11.2. The van der Waals surface area contributed by atoms with Gasteiger partial charge in [-0.1, -0.05) is 36.4 Å². The Balaban J connectivity index is 1.34. The molecule has 2 aliphatic heterocycles. The smallest absolute Gasteiger partial charge is 0.122 e. The maximum Gasteiger partial charge on any atom is 0.122 e. The summed E-state index contributed by atoms with van der Waals surface area (Å²) in [6.07, 6.45) is 2.25. The van der Waals surface area contributed by atoms with Crippen molar-refractivity contribution < 1.29 is 9.47 Å². The van der Waals surface area contributed by atoms with Crippen LogP contribution in [0.1, 0.15) is 28.7 Å². The number of rotatable bonds is 6. The molecule has 1 N–H and O–H groups in total. The third-order valence-electron chi connectivity index (χ3n) is 5.23. The van der Waals surface area contributed by atoms with Crippen LogP contribution in [0.2, 0.25) is 0 Å². The quantitative estimate of drug-likeness (QED) is 0.866. The van der Waals surface area contributed by atoms with E-state index in [1.54, 1.807) is 0 Å². The van der Waals surface area contributed by atoms with Gasteiger partial charge in [0.15, 0.2) is 0 Å². The second-order valence-electron chi connectivity index (χ2n) is 7.15. The first-order valence-electron chi connectivity index (χ1n) is 9.71. The molecule has 1 fully saturated rings. The van der Waals surface area contributed by atoms with Crippen molar-refractivity contribution in [1.29, 1.82) is 0 Å². The number of morpholine rings is 1. The van der Waals surface area contributed by atoms with Crippen LogP contribution in [0.5, 0.6) is 5.75 Å². The molecule has 4 rings (SSSR count). The minimum absolute atomic E-state index is 0.850. The second-order valence-corrected chi connectivity index (χ2v) is 7.15. The standard InChI is InChI=1S/C22H28N2O2/c1-2-5-21(17-24-9-12-25-13-10-24)20(4-1)16-23-15-18-7-8-22-19(14-18)6-3-11-26-22/h1-2,4-5,7-8,14,23H,3,6,9-13,15-17H2. The molecule has 0 radical (unpaired) electrons. The molecule has 0 bridgehead atoms. The van der Waals surface area contributed by atoms with Gasteiger partial charge in [0.25, 0.3) is 0 Å². The highest BCUT2D eigenvalue weighted by Gasteiger charge is 2.13. The number of hydrogen-bond donors (Lipinski definition) is 1. The lowest BCUT2D eigenvalue weighted by Crippen LogP contribution is -2.36. The van der Waals surface area contributed by atoms with Crippen molar-refractivity contribution >= 4 is 0 Å². The zero-order valence-corrected chi connectivity index (χ0v) is 15.4. The third kappa shape index (κ3) is 4.44. The van der Waals surface area contributed by atoms with Crippen molar-refractivity contribution in [2.75, 3.05) is 32.9 Å². The molecule has 0 amide bonds. The molecule has 2 heterocycles. The molecule has 0 spiro atoms. The van der Waals surface area contributed by atoms with Crippen molar-refractivity contribution in [2.45, 2.75) is 32.5 Å². The van der Waals surface area contributed by atoms with Crippen LogP contribution in [-0.4, -0.2) is 37.8 Å². The van der Waals surface area contributed by atoms with Crippen molar-refractivity contribution in [2.24, 2.45) is 0 Å². The number of hydrogen-bond acceptors (Lipinski definition) is 4. The van der Waals surface area contributed by atoms with Gasteiger partial charge >= 0.3 is 0 Å². The van der Waals surface area contributed by atoms with Gasteiger partial charge < -0.3 is 14.8 Å². The predicted molar refractivity (Wildman–Crippen MR) is 103 cm³/mol. The minimum atomic E-state index is 0.850. The maximum atomic E-state index is 5.71. The zero-order valence-electron chi connectivity index (χ0n) is 15.4. The average Bonchev–Trinajstić information content (AvgIpc) is 2.70. The Bertz CT molecular complexity index is 726. The highest BCUT2D eigenvalue weighted by molar-refractivity contribution is 5.38. The SMILES string of the molecule is c1ccc(CN2CCOCC2)c(CNCc2ccc3c(c2)CCCO3)c1. The Morgan fingerprint density at radius 2 is 1.77 bits per heavy atom. The number of ether oxygens (including phenoxy) is 2. The van der Waals surface area contributed by atoms with Crippen LogP contribution in [-0.2, 0) is 30.8 Å². The molecular formula is C22H28N2O2. The number of nitrogens with zero attached hydrogens (tertiary/aromatic N) is 1. The van der Waals surface area contributed by atoms with Crippen molar-refractivity contribution in [3.05, 3.63) is 64.7 Å². The summed E-state index contributed by atoms with van der Waals surface area (Å²) in [6.45, 7) is 7.40. The molecule has 0 unspecified atom stereocenters. The van der Waals surface area contributed by atoms with E-state index in [9.17, 15) is 0 Å². The first-order chi connectivity index (χ1) is 12.9. The zero-order chi connectivity index (χ0) is 17.6. The van der Waals surface area contributed by atoms with E-state index in [4.69, 9.17) is 9.47 Å². The van der Waals surface area contributed by atoms with Crippen molar-refractivity contribution in [1.82, 2.24) is 10.2 Å². The maximum absolute atomic E-state index is 5.71. The molecule has 0 atom stereocenters. The largest absolute Gasteiger partial charge is 0.493 e. The van der Waals surface area contributed by atoms with E-state index in [0.29, 0.717) is 0 Å². The molecule has 2 aliphatic rings. The first-order valence-corrected chi connectivity index (χ1v) is 9.71.